The Hall–Kier alpha value is -2.19. The number of likely N-dealkylation sites (N-methyl/N-ethyl adjacent to an activating group) is 1. The van der Waals surface area contributed by atoms with E-state index in [1.165, 1.54) is 6.42 Å². The first kappa shape index (κ1) is 19.8. The number of hydrogen-bond acceptors (Lipinski definition) is 7. The second-order valence-electron chi connectivity index (χ2n) is 9.39. The lowest BCUT2D eigenvalue weighted by atomic mass is 9.83. The number of hydrogen-bond donors (Lipinski definition) is 0. The second-order valence-corrected chi connectivity index (χ2v) is 9.39. The van der Waals surface area contributed by atoms with Gasteiger partial charge in [-0.1, -0.05) is 13.0 Å². The maximum absolute atomic E-state index is 13.3. The summed E-state index contributed by atoms with van der Waals surface area (Å²) in [6.45, 7) is 7.39. The van der Waals surface area contributed by atoms with Gasteiger partial charge >= 0.3 is 0 Å². The standard InChI is InChI=1S/C22H32N6O2/c1-4-20-23-22(24-30-20)27-10-15-9-17(13-27)19-6-5-16(21(29)28(19)11-15)12-26-8-7-18(14-26)25(2)3/h5-6,15,17-18H,4,7-14H2,1-3H3/t15-,17+,18-/m0/s1. The molecule has 5 rings (SSSR count). The summed E-state index contributed by atoms with van der Waals surface area (Å²) in [5, 5.41) is 4.16. The van der Waals surface area contributed by atoms with Crippen LogP contribution in [-0.2, 0) is 19.5 Å². The predicted octanol–water partition coefficient (Wildman–Crippen LogP) is 1.55. The number of aromatic nitrogens is 3. The molecular formula is C22H32N6O2. The highest BCUT2D eigenvalue weighted by Gasteiger charge is 2.36. The van der Waals surface area contributed by atoms with Crippen LogP contribution in [0.3, 0.4) is 0 Å². The highest BCUT2D eigenvalue weighted by Crippen LogP contribution is 2.36. The summed E-state index contributed by atoms with van der Waals surface area (Å²) < 4.78 is 7.37. The Bertz CT molecular complexity index is 967. The molecule has 3 atom stereocenters. The number of rotatable bonds is 5. The van der Waals surface area contributed by atoms with Crippen molar-refractivity contribution in [1.29, 1.82) is 0 Å². The van der Waals surface area contributed by atoms with Gasteiger partial charge in [-0.2, -0.15) is 4.98 Å². The van der Waals surface area contributed by atoms with Gasteiger partial charge in [0.1, 0.15) is 0 Å². The Kier molecular flexibility index (Phi) is 5.14. The first-order chi connectivity index (χ1) is 14.5. The lowest BCUT2D eigenvalue weighted by molar-refractivity contribution is 0.260. The molecule has 0 aliphatic carbocycles. The van der Waals surface area contributed by atoms with Crippen LogP contribution < -0.4 is 10.5 Å². The quantitative estimate of drug-likeness (QED) is 0.738. The van der Waals surface area contributed by atoms with E-state index < -0.39 is 0 Å². The molecule has 2 aromatic heterocycles. The fraction of sp³-hybridized carbons (Fsp3) is 0.682. The second kappa shape index (κ2) is 7.81. The van der Waals surface area contributed by atoms with Crippen molar-refractivity contribution in [2.45, 2.75) is 51.2 Å². The van der Waals surface area contributed by atoms with E-state index in [1.54, 1.807) is 0 Å². The normalized spacial score (nSPS) is 26.4. The molecule has 30 heavy (non-hydrogen) atoms. The van der Waals surface area contributed by atoms with Crippen LogP contribution in [0.15, 0.2) is 21.5 Å². The third kappa shape index (κ3) is 3.56. The number of aryl methyl sites for hydroxylation is 1. The van der Waals surface area contributed by atoms with Crippen molar-refractivity contribution in [3.05, 3.63) is 39.6 Å². The minimum atomic E-state index is 0.205. The van der Waals surface area contributed by atoms with Crippen LogP contribution in [-0.4, -0.2) is 70.8 Å². The fourth-order valence-corrected chi connectivity index (χ4v) is 5.41. The van der Waals surface area contributed by atoms with Crippen LogP contribution >= 0.6 is 0 Å². The third-order valence-electron chi connectivity index (χ3n) is 7.10. The lowest BCUT2D eigenvalue weighted by Crippen LogP contribution is -2.48. The minimum Gasteiger partial charge on any atom is -0.337 e. The van der Waals surface area contributed by atoms with E-state index in [1.807, 2.05) is 6.92 Å². The van der Waals surface area contributed by atoms with Gasteiger partial charge in [0.25, 0.3) is 11.5 Å². The van der Waals surface area contributed by atoms with Crippen LogP contribution in [0, 0.1) is 5.92 Å². The van der Waals surface area contributed by atoms with Gasteiger partial charge in [0, 0.05) is 68.9 Å². The largest absolute Gasteiger partial charge is 0.337 e. The van der Waals surface area contributed by atoms with E-state index in [0.29, 0.717) is 29.7 Å². The van der Waals surface area contributed by atoms with Crippen LogP contribution in [0.2, 0.25) is 0 Å². The summed E-state index contributed by atoms with van der Waals surface area (Å²) in [7, 11) is 4.28. The molecule has 0 N–H and O–H groups in total. The average molecular weight is 413 g/mol. The van der Waals surface area contributed by atoms with Crippen molar-refractivity contribution in [1.82, 2.24) is 24.5 Å². The molecule has 2 bridgehead atoms. The van der Waals surface area contributed by atoms with E-state index >= 15 is 0 Å². The highest BCUT2D eigenvalue weighted by atomic mass is 16.5. The Morgan fingerprint density at radius 3 is 2.80 bits per heavy atom. The SMILES string of the molecule is CCc1nc(N2C[C@@H]3C[C@H](C2)c2ccc(CN4CC[C@H](N(C)C)C4)c(=O)n2C3)no1. The zero-order valence-corrected chi connectivity index (χ0v) is 18.3. The van der Waals surface area contributed by atoms with Crippen molar-refractivity contribution in [2.24, 2.45) is 5.92 Å². The summed E-state index contributed by atoms with van der Waals surface area (Å²) >= 11 is 0. The summed E-state index contributed by atoms with van der Waals surface area (Å²) in [6, 6.07) is 4.85. The molecule has 5 heterocycles. The van der Waals surface area contributed by atoms with Crippen LogP contribution in [0.5, 0.6) is 0 Å². The van der Waals surface area contributed by atoms with Gasteiger partial charge in [-0.15, -0.1) is 0 Å². The minimum absolute atomic E-state index is 0.205. The van der Waals surface area contributed by atoms with Crippen molar-refractivity contribution >= 4 is 5.95 Å². The summed E-state index contributed by atoms with van der Waals surface area (Å²) in [5.74, 6) is 2.16. The monoisotopic (exact) mass is 412 g/mol. The Labute approximate surface area is 177 Å². The first-order valence-corrected chi connectivity index (χ1v) is 11.2. The molecule has 0 amide bonds. The number of fused-ring (bicyclic) bond motifs is 4. The van der Waals surface area contributed by atoms with Crippen LogP contribution in [0.4, 0.5) is 5.95 Å². The number of nitrogens with zero attached hydrogens (tertiary/aromatic N) is 6. The molecule has 3 aliphatic rings. The molecule has 3 aliphatic heterocycles. The van der Waals surface area contributed by atoms with Crippen LogP contribution in [0.25, 0.3) is 0 Å². The molecule has 0 saturated carbocycles. The predicted molar refractivity (Wildman–Crippen MR) is 115 cm³/mol. The Balaban J connectivity index is 1.34. The van der Waals surface area contributed by atoms with Crippen LogP contribution in [0.1, 0.15) is 42.8 Å². The topological polar surface area (TPSA) is 70.6 Å². The third-order valence-corrected chi connectivity index (χ3v) is 7.10. The zero-order valence-electron chi connectivity index (χ0n) is 18.3. The van der Waals surface area contributed by atoms with Gasteiger partial charge < -0.3 is 18.9 Å². The summed E-state index contributed by atoms with van der Waals surface area (Å²) in [4.78, 5) is 24.8. The van der Waals surface area contributed by atoms with Gasteiger partial charge in [0.2, 0.25) is 5.89 Å². The van der Waals surface area contributed by atoms with Gasteiger partial charge in [-0.3, -0.25) is 9.69 Å². The molecule has 0 aromatic carbocycles. The van der Waals surface area contributed by atoms with E-state index in [9.17, 15) is 4.79 Å². The molecule has 0 radical (unpaired) electrons. The Morgan fingerprint density at radius 2 is 2.07 bits per heavy atom. The molecule has 2 fully saturated rings. The number of piperidine rings is 1. The molecule has 2 aromatic rings. The zero-order chi connectivity index (χ0) is 20.8. The molecule has 0 unspecified atom stereocenters. The average Bonchev–Trinajstić information content (AvgIpc) is 3.40. The smallest absolute Gasteiger partial charge is 0.266 e. The fourth-order valence-electron chi connectivity index (χ4n) is 5.41. The molecular weight excluding hydrogens is 380 g/mol. The molecule has 0 spiro atoms. The number of pyridine rings is 1. The lowest BCUT2D eigenvalue weighted by Gasteiger charge is -2.42. The molecule has 8 nitrogen and oxygen atoms in total. The van der Waals surface area contributed by atoms with E-state index in [0.717, 1.165) is 63.4 Å². The van der Waals surface area contributed by atoms with E-state index in [4.69, 9.17) is 4.52 Å². The van der Waals surface area contributed by atoms with Crippen molar-refractivity contribution in [3.8, 4) is 0 Å². The number of anilines is 1. The van der Waals surface area contributed by atoms with Crippen molar-refractivity contribution in [2.75, 3.05) is 45.2 Å². The maximum atomic E-state index is 13.3. The van der Waals surface area contributed by atoms with Crippen molar-refractivity contribution in [3.63, 3.8) is 0 Å². The van der Waals surface area contributed by atoms with Gasteiger partial charge in [0.15, 0.2) is 0 Å². The highest BCUT2D eigenvalue weighted by molar-refractivity contribution is 5.33. The van der Waals surface area contributed by atoms with E-state index in [-0.39, 0.29) is 5.56 Å². The molecule has 8 heteroatoms. The van der Waals surface area contributed by atoms with Gasteiger partial charge in [0.05, 0.1) is 0 Å². The van der Waals surface area contributed by atoms with Crippen molar-refractivity contribution < 1.29 is 4.52 Å². The number of likely N-dealkylation sites (tertiary alicyclic amines) is 1. The summed E-state index contributed by atoms with van der Waals surface area (Å²) in [6.07, 6.45) is 3.06. The first-order valence-electron chi connectivity index (χ1n) is 11.2. The van der Waals surface area contributed by atoms with Gasteiger partial charge in [-0.25, -0.2) is 0 Å². The molecule has 162 valence electrons. The molecule has 2 saturated heterocycles. The van der Waals surface area contributed by atoms with E-state index in [2.05, 4.69) is 55.6 Å². The Morgan fingerprint density at radius 1 is 1.20 bits per heavy atom. The summed E-state index contributed by atoms with van der Waals surface area (Å²) in [5.41, 5.74) is 2.30. The maximum Gasteiger partial charge on any atom is 0.266 e. The van der Waals surface area contributed by atoms with Gasteiger partial charge in [-0.05, 0) is 44.1 Å².